The highest BCUT2D eigenvalue weighted by Crippen LogP contribution is 2.37. The zero-order valence-corrected chi connectivity index (χ0v) is 17.6. The van der Waals surface area contributed by atoms with Gasteiger partial charge in [0.2, 0.25) is 5.43 Å². The van der Waals surface area contributed by atoms with E-state index in [0.717, 1.165) is 24.5 Å². The van der Waals surface area contributed by atoms with Crippen LogP contribution < -0.4 is 15.6 Å². The van der Waals surface area contributed by atoms with Crippen LogP contribution in [0.3, 0.4) is 0 Å². The fraction of sp³-hybridized carbons (Fsp3) is 0.500. The Bertz CT molecular complexity index is 1110. The Morgan fingerprint density at radius 3 is 2.58 bits per heavy atom. The molecule has 1 aliphatic heterocycles. The number of carbonyl (C=O) groups is 1. The summed E-state index contributed by atoms with van der Waals surface area (Å²) in [6.07, 6.45) is 3.96. The van der Waals surface area contributed by atoms with Crippen molar-refractivity contribution in [3.05, 3.63) is 45.3 Å². The third-order valence-corrected chi connectivity index (χ3v) is 5.83. The Morgan fingerprint density at radius 2 is 2.00 bits per heavy atom. The first-order valence-corrected chi connectivity index (χ1v) is 10.6. The third-order valence-electron chi connectivity index (χ3n) is 5.83. The molecule has 0 bridgehead atoms. The van der Waals surface area contributed by atoms with Crippen LogP contribution in [0, 0.1) is 5.82 Å². The van der Waals surface area contributed by atoms with Gasteiger partial charge >= 0.3 is 5.97 Å². The molecule has 3 heterocycles. The van der Waals surface area contributed by atoms with Gasteiger partial charge in [0, 0.05) is 37.9 Å². The molecule has 0 spiro atoms. The van der Waals surface area contributed by atoms with Crippen molar-refractivity contribution < 1.29 is 18.7 Å². The normalized spacial score (nSPS) is 16.9. The number of fused-ring (bicyclic) bond motifs is 1. The largest absolute Gasteiger partial charge is 0.477 e. The molecule has 4 rings (SSSR count). The van der Waals surface area contributed by atoms with E-state index in [0.29, 0.717) is 31.6 Å². The minimum atomic E-state index is -1.34. The van der Waals surface area contributed by atoms with E-state index in [-0.39, 0.29) is 41.2 Å². The SMILES string of the molecule is CC(C)NCC(F)=C1CCN(c2nc3c(cc2F)c(=O)c(C(=O)O)cn3C2CC2)CC1. The van der Waals surface area contributed by atoms with Crippen LogP contribution >= 0.6 is 0 Å². The minimum Gasteiger partial charge on any atom is -0.477 e. The smallest absolute Gasteiger partial charge is 0.341 e. The van der Waals surface area contributed by atoms with Gasteiger partial charge in [0.25, 0.3) is 0 Å². The number of carboxylic acids is 1. The van der Waals surface area contributed by atoms with Crippen molar-refractivity contribution >= 4 is 22.8 Å². The first-order valence-electron chi connectivity index (χ1n) is 10.6. The van der Waals surface area contributed by atoms with Crippen molar-refractivity contribution in [1.29, 1.82) is 0 Å². The fourth-order valence-corrected chi connectivity index (χ4v) is 3.92. The van der Waals surface area contributed by atoms with Gasteiger partial charge in [0.15, 0.2) is 11.6 Å². The van der Waals surface area contributed by atoms with Gasteiger partial charge in [-0.3, -0.25) is 4.79 Å². The number of carboxylic acid groups (broad SMARTS) is 1. The molecule has 2 N–H and O–H groups in total. The molecule has 2 aromatic heterocycles. The Labute approximate surface area is 178 Å². The van der Waals surface area contributed by atoms with Crippen molar-refractivity contribution in [2.24, 2.45) is 0 Å². The van der Waals surface area contributed by atoms with Crippen molar-refractivity contribution in [3.63, 3.8) is 0 Å². The molecule has 9 heteroatoms. The number of nitrogens with one attached hydrogen (secondary N) is 1. The predicted molar refractivity (Wildman–Crippen MR) is 114 cm³/mol. The highest BCUT2D eigenvalue weighted by Gasteiger charge is 2.29. The standard InChI is InChI=1S/C22H26F2N4O3/c1-12(2)25-10-18(24)13-5-7-27(8-6-13)21-17(23)9-15-19(29)16(22(30)31)11-28(14-3-4-14)20(15)26-21/h9,11-12,14,25H,3-8,10H2,1-2H3,(H,30,31). The van der Waals surface area contributed by atoms with Crippen LogP contribution in [0.25, 0.3) is 11.0 Å². The van der Waals surface area contributed by atoms with E-state index < -0.39 is 17.2 Å². The lowest BCUT2D eigenvalue weighted by Crippen LogP contribution is -2.33. The summed E-state index contributed by atoms with van der Waals surface area (Å²) in [5, 5.41) is 12.4. The summed E-state index contributed by atoms with van der Waals surface area (Å²) in [6.45, 7) is 4.93. The van der Waals surface area contributed by atoms with Crippen LogP contribution in [0.2, 0.25) is 0 Å². The molecular formula is C22H26F2N4O3. The molecule has 2 aromatic rings. The maximum Gasteiger partial charge on any atom is 0.341 e. The van der Waals surface area contributed by atoms with E-state index in [4.69, 9.17) is 0 Å². The summed E-state index contributed by atoms with van der Waals surface area (Å²) >= 11 is 0. The summed E-state index contributed by atoms with van der Waals surface area (Å²) in [7, 11) is 0. The Balaban J connectivity index is 1.65. The lowest BCUT2D eigenvalue weighted by atomic mass is 10.0. The quantitative estimate of drug-likeness (QED) is 0.728. The molecule has 0 atom stereocenters. The van der Waals surface area contributed by atoms with Crippen molar-refractivity contribution in [2.75, 3.05) is 24.5 Å². The minimum absolute atomic E-state index is 0.0311. The lowest BCUT2D eigenvalue weighted by molar-refractivity contribution is 0.0695. The molecule has 166 valence electrons. The topological polar surface area (TPSA) is 87.5 Å². The number of aromatic carboxylic acids is 1. The van der Waals surface area contributed by atoms with Gasteiger partial charge in [-0.2, -0.15) is 0 Å². The van der Waals surface area contributed by atoms with Crippen LogP contribution in [-0.4, -0.2) is 46.3 Å². The van der Waals surface area contributed by atoms with Gasteiger partial charge < -0.3 is 19.9 Å². The predicted octanol–water partition coefficient (Wildman–Crippen LogP) is 3.39. The van der Waals surface area contributed by atoms with E-state index in [9.17, 15) is 23.5 Å². The van der Waals surface area contributed by atoms with E-state index >= 15 is 0 Å². The second-order valence-corrected chi connectivity index (χ2v) is 8.51. The number of hydrogen-bond donors (Lipinski definition) is 2. The highest BCUT2D eigenvalue weighted by atomic mass is 19.1. The average Bonchev–Trinajstić information content (AvgIpc) is 3.57. The Morgan fingerprint density at radius 1 is 1.32 bits per heavy atom. The fourth-order valence-electron chi connectivity index (χ4n) is 3.92. The second-order valence-electron chi connectivity index (χ2n) is 8.51. The lowest BCUT2D eigenvalue weighted by Gasteiger charge is -2.30. The number of pyridine rings is 2. The molecule has 1 aliphatic carbocycles. The van der Waals surface area contributed by atoms with Gasteiger partial charge in [-0.15, -0.1) is 0 Å². The average molecular weight is 432 g/mol. The molecule has 1 saturated heterocycles. The van der Waals surface area contributed by atoms with Crippen LogP contribution in [-0.2, 0) is 0 Å². The van der Waals surface area contributed by atoms with Crippen LogP contribution in [0.15, 0.2) is 28.5 Å². The molecule has 0 radical (unpaired) electrons. The number of hydrogen-bond acceptors (Lipinski definition) is 5. The molecule has 31 heavy (non-hydrogen) atoms. The number of aromatic nitrogens is 2. The van der Waals surface area contributed by atoms with E-state index in [1.165, 1.54) is 6.20 Å². The molecule has 1 saturated carbocycles. The maximum absolute atomic E-state index is 14.9. The molecule has 0 aromatic carbocycles. The number of nitrogens with zero attached hydrogens (tertiary/aromatic N) is 3. The van der Waals surface area contributed by atoms with Crippen LogP contribution in [0.4, 0.5) is 14.6 Å². The molecule has 7 nitrogen and oxygen atoms in total. The summed E-state index contributed by atoms with van der Waals surface area (Å²) in [4.78, 5) is 30.2. The Hall–Kier alpha value is -2.81. The zero-order valence-electron chi connectivity index (χ0n) is 17.6. The molecular weight excluding hydrogens is 406 g/mol. The summed E-state index contributed by atoms with van der Waals surface area (Å²) in [5.74, 6) is -2.06. The van der Waals surface area contributed by atoms with Gasteiger partial charge in [0.05, 0.1) is 5.39 Å². The van der Waals surface area contributed by atoms with Crippen molar-refractivity contribution in [2.45, 2.75) is 51.6 Å². The third kappa shape index (κ3) is 4.32. The number of rotatable bonds is 6. The van der Waals surface area contributed by atoms with E-state index in [2.05, 4.69) is 10.3 Å². The van der Waals surface area contributed by atoms with Crippen LogP contribution in [0.1, 0.15) is 55.9 Å². The van der Waals surface area contributed by atoms with Gasteiger partial charge in [0.1, 0.15) is 17.0 Å². The Kier molecular flexibility index (Phi) is 5.79. The molecule has 2 fully saturated rings. The summed E-state index contributed by atoms with van der Waals surface area (Å²) in [6, 6.07) is 1.34. The van der Waals surface area contributed by atoms with Crippen molar-refractivity contribution in [1.82, 2.24) is 14.9 Å². The van der Waals surface area contributed by atoms with Gasteiger partial charge in [-0.25, -0.2) is 18.6 Å². The number of piperidine rings is 1. The van der Waals surface area contributed by atoms with Gasteiger partial charge in [-0.05, 0) is 37.3 Å². The molecule has 0 amide bonds. The number of halogens is 2. The molecule has 2 aliphatic rings. The zero-order chi connectivity index (χ0) is 22.3. The monoisotopic (exact) mass is 432 g/mol. The maximum atomic E-state index is 14.9. The first kappa shape index (κ1) is 21.4. The van der Waals surface area contributed by atoms with E-state index in [1.807, 2.05) is 13.8 Å². The molecule has 0 unspecified atom stereocenters. The van der Waals surface area contributed by atoms with Crippen LogP contribution in [0.5, 0.6) is 0 Å². The highest BCUT2D eigenvalue weighted by molar-refractivity contribution is 5.92. The van der Waals surface area contributed by atoms with Gasteiger partial charge in [-0.1, -0.05) is 13.8 Å². The first-order chi connectivity index (χ1) is 14.8. The van der Waals surface area contributed by atoms with E-state index in [1.54, 1.807) is 9.47 Å². The second kappa shape index (κ2) is 8.37. The summed E-state index contributed by atoms with van der Waals surface area (Å²) in [5.41, 5.74) is -0.0957. The summed E-state index contributed by atoms with van der Waals surface area (Å²) < 4.78 is 31.0. The number of anilines is 1. The van der Waals surface area contributed by atoms with Crippen molar-refractivity contribution in [3.8, 4) is 0 Å².